The van der Waals surface area contributed by atoms with Gasteiger partial charge in [-0.2, -0.15) is 5.10 Å². The summed E-state index contributed by atoms with van der Waals surface area (Å²) in [5, 5.41) is 19.1. The molecule has 4 aromatic rings. The Labute approximate surface area is 237 Å². The number of amides is 1. The van der Waals surface area contributed by atoms with E-state index in [1.165, 1.54) is 6.07 Å². The number of aromatic nitrogens is 2. The van der Waals surface area contributed by atoms with E-state index in [0.717, 1.165) is 24.0 Å². The Morgan fingerprint density at radius 2 is 1.85 bits per heavy atom. The Balaban J connectivity index is 1.65. The van der Waals surface area contributed by atoms with Gasteiger partial charge in [0.15, 0.2) is 11.5 Å². The highest BCUT2D eigenvalue weighted by Gasteiger charge is 2.43. The molecule has 1 aliphatic rings. The van der Waals surface area contributed by atoms with Gasteiger partial charge in [-0.25, -0.2) is 0 Å². The maximum absolute atomic E-state index is 13.8. The zero-order chi connectivity index (χ0) is 27.5. The number of aromatic amines is 1. The van der Waals surface area contributed by atoms with E-state index in [0.29, 0.717) is 57.3 Å². The molecule has 7 nitrogen and oxygen atoms in total. The van der Waals surface area contributed by atoms with E-state index in [9.17, 15) is 9.90 Å². The summed E-state index contributed by atoms with van der Waals surface area (Å²) in [7, 11) is 0. The van der Waals surface area contributed by atoms with Gasteiger partial charge in [0.05, 0.1) is 19.3 Å². The number of ether oxygens (including phenoxy) is 2. The summed E-state index contributed by atoms with van der Waals surface area (Å²) in [6, 6.07) is 17.4. The maximum Gasteiger partial charge on any atom is 0.273 e. The van der Waals surface area contributed by atoms with Crippen molar-refractivity contribution in [2.45, 2.75) is 39.3 Å². The quantitative estimate of drug-likeness (QED) is 0.195. The summed E-state index contributed by atoms with van der Waals surface area (Å²) in [6.07, 6.45) is 1.95. The highest BCUT2D eigenvalue weighted by Crippen LogP contribution is 2.47. The first-order valence-corrected chi connectivity index (χ1v) is 13.7. The predicted octanol–water partition coefficient (Wildman–Crippen LogP) is 7.41. The van der Waals surface area contributed by atoms with Crippen LogP contribution in [0.5, 0.6) is 17.2 Å². The number of phenolic OH excluding ortho intramolecular Hbond substituents is 1. The van der Waals surface area contributed by atoms with E-state index >= 15 is 0 Å². The zero-order valence-electron chi connectivity index (χ0n) is 21.7. The molecule has 1 unspecified atom stereocenters. The average molecular weight is 566 g/mol. The zero-order valence-corrected chi connectivity index (χ0v) is 23.2. The van der Waals surface area contributed by atoms with E-state index in [2.05, 4.69) is 17.1 Å². The van der Waals surface area contributed by atoms with Crippen molar-refractivity contribution < 1.29 is 19.4 Å². The van der Waals surface area contributed by atoms with Crippen LogP contribution in [0.25, 0.3) is 11.3 Å². The summed E-state index contributed by atoms with van der Waals surface area (Å²) in [6.45, 7) is 5.34. The molecule has 2 heterocycles. The number of rotatable bonds is 10. The van der Waals surface area contributed by atoms with Crippen LogP contribution in [-0.2, 0) is 6.54 Å². The molecule has 1 amide bonds. The van der Waals surface area contributed by atoms with Gasteiger partial charge in [0.25, 0.3) is 5.91 Å². The van der Waals surface area contributed by atoms with Crippen LogP contribution in [0.2, 0.25) is 10.0 Å². The lowest BCUT2D eigenvalue weighted by Crippen LogP contribution is -2.29. The highest BCUT2D eigenvalue weighted by molar-refractivity contribution is 6.31. The Bertz CT molecular complexity index is 1500. The Kier molecular flexibility index (Phi) is 8.00. The molecule has 1 aliphatic heterocycles. The number of aromatic hydroxyl groups is 1. The van der Waals surface area contributed by atoms with E-state index in [1.54, 1.807) is 23.1 Å². The van der Waals surface area contributed by atoms with Crippen molar-refractivity contribution in [3.8, 4) is 28.5 Å². The van der Waals surface area contributed by atoms with Crippen molar-refractivity contribution in [3.05, 3.63) is 93.1 Å². The molecule has 0 radical (unpaired) electrons. The van der Waals surface area contributed by atoms with E-state index < -0.39 is 6.04 Å². The van der Waals surface area contributed by atoms with Gasteiger partial charge in [0.2, 0.25) is 0 Å². The molecule has 2 N–H and O–H groups in total. The summed E-state index contributed by atoms with van der Waals surface area (Å²) in [4.78, 5) is 15.6. The van der Waals surface area contributed by atoms with E-state index in [1.807, 2.05) is 43.3 Å². The van der Waals surface area contributed by atoms with Crippen molar-refractivity contribution in [1.82, 2.24) is 15.1 Å². The Morgan fingerprint density at radius 1 is 1.03 bits per heavy atom. The van der Waals surface area contributed by atoms with Crippen LogP contribution in [0.1, 0.15) is 59.9 Å². The van der Waals surface area contributed by atoms with Gasteiger partial charge in [-0.05, 0) is 60.9 Å². The first-order valence-electron chi connectivity index (χ1n) is 12.9. The number of unbranched alkanes of at least 4 members (excludes halogenated alkanes) is 1. The standard InChI is InChI=1S/C30H29Cl2N3O4/c1-3-5-14-39-24-13-10-18(15-25(24)38-4-2)29-26-27(21-16-20(31)11-12-23(21)36)33-34-28(26)30(37)35(29)17-19-8-6-7-9-22(19)32/h6-13,15-16,29,36H,3-5,14,17H2,1-2H3,(H,33,34). The molecule has 0 bridgehead atoms. The van der Waals surface area contributed by atoms with Crippen molar-refractivity contribution in [2.75, 3.05) is 13.2 Å². The third-order valence-electron chi connectivity index (χ3n) is 6.71. The van der Waals surface area contributed by atoms with Crippen molar-refractivity contribution >= 4 is 29.1 Å². The predicted molar refractivity (Wildman–Crippen MR) is 152 cm³/mol. The minimum absolute atomic E-state index is 0.0131. The second-order valence-corrected chi connectivity index (χ2v) is 10.1. The molecule has 1 atom stereocenters. The second-order valence-electron chi connectivity index (χ2n) is 9.29. The van der Waals surface area contributed by atoms with Gasteiger partial charge in [-0.1, -0.05) is 60.8 Å². The number of H-pyrrole nitrogens is 1. The van der Waals surface area contributed by atoms with Crippen LogP contribution < -0.4 is 9.47 Å². The van der Waals surface area contributed by atoms with Gasteiger partial charge in [0, 0.05) is 27.7 Å². The number of carbonyl (C=O) groups is 1. The molecule has 9 heteroatoms. The monoisotopic (exact) mass is 565 g/mol. The number of hydrogen-bond donors (Lipinski definition) is 2. The Morgan fingerprint density at radius 3 is 2.62 bits per heavy atom. The molecular formula is C30H29Cl2N3O4. The number of carbonyl (C=O) groups excluding carboxylic acids is 1. The normalized spacial score (nSPS) is 14.5. The van der Waals surface area contributed by atoms with Gasteiger partial charge in [-0.15, -0.1) is 0 Å². The van der Waals surface area contributed by atoms with Crippen molar-refractivity contribution in [2.24, 2.45) is 0 Å². The first kappa shape index (κ1) is 26.9. The van der Waals surface area contributed by atoms with E-state index in [4.69, 9.17) is 32.7 Å². The molecule has 39 heavy (non-hydrogen) atoms. The molecule has 1 aromatic heterocycles. The number of nitrogens with zero attached hydrogens (tertiary/aromatic N) is 2. The van der Waals surface area contributed by atoms with Crippen molar-refractivity contribution in [1.29, 1.82) is 0 Å². The number of halogens is 2. The smallest absolute Gasteiger partial charge is 0.273 e. The minimum atomic E-state index is -0.542. The number of benzene rings is 3. The van der Waals surface area contributed by atoms with Crippen LogP contribution >= 0.6 is 23.2 Å². The van der Waals surface area contributed by atoms with E-state index in [-0.39, 0.29) is 18.2 Å². The third kappa shape index (κ3) is 5.29. The van der Waals surface area contributed by atoms with Gasteiger partial charge in [0.1, 0.15) is 17.1 Å². The minimum Gasteiger partial charge on any atom is -0.507 e. The second kappa shape index (κ2) is 11.6. The fourth-order valence-electron chi connectivity index (χ4n) is 4.83. The summed E-state index contributed by atoms with van der Waals surface area (Å²) < 4.78 is 12.0. The number of phenols is 1. The molecule has 3 aromatic carbocycles. The van der Waals surface area contributed by atoms with Crippen LogP contribution in [0.15, 0.2) is 60.7 Å². The van der Waals surface area contributed by atoms with Gasteiger partial charge < -0.3 is 19.5 Å². The van der Waals surface area contributed by atoms with Crippen LogP contribution in [-0.4, -0.2) is 39.3 Å². The van der Waals surface area contributed by atoms with Crippen LogP contribution in [0.4, 0.5) is 0 Å². The summed E-state index contributed by atoms with van der Waals surface area (Å²) >= 11 is 12.8. The molecule has 0 spiro atoms. The molecular weight excluding hydrogens is 537 g/mol. The first-order chi connectivity index (χ1) is 18.9. The lowest BCUT2D eigenvalue weighted by atomic mass is 9.95. The summed E-state index contributed by atoms with van der Waals surface area (Å²) in [5.74, 6) is 1.03. The highest BCUT2D eigenvalue weighted by atomic mass is 35.5. The topological polar surface area (TPSA) is 87.7 Å². The molecule has 0 aliphatic carbocycles. The lowest BCUT2D eigenvalue weighted by Gasteiger charge is -2.27. The van der Waals surface area contributed by atoms with Crippen molar-refractivity contribution in [3.63, 3.8) is 0 Å². The number of fused-ring (bicyclic) bond motifs is 1. The van der Waals surface area contributed by atoms with Gasteiger partial charge >= 0.3 is 0 Å². The number of hydrogen-bond acceptors (Lipinski definition) is 5. The fourth-order valence-corrected chi connectivity index (χ4v) is 5.20. The average Bonchev–Trinajstić information content (AvgIpc) is 3.47. The molecule has 202 valence electrons. The van der Waals surface area contributed by atoms with Crippen LogP contribution in [0, 0.1) is 0 Å². The fraction of sp³-hybridized carbons (Fsp3) is 0.267. The largest absolute Gasteiger partial charge is 0.507 e. The molecule has 0 fully saturated rings. The SMILES string of the molecule is CCCCOc1ccc(C2c3c(-c4cc(Cl)ccc4O)n[nH]c3C(=O)N2Cc2ccccc2Cl)cc1OCC. The molecule has 0 saturated carbocycles. The maximum atomic E-state index is 13.8. The number of nitrogens with one attached hydrogen (secondary N) is 1. The third-order valence-corrected chi connectivity index (χ3v) is 7.32. The molecule has 5 rings (SSSR count). The molecule has 0 saturated heterocycles. The van der Waals surface area contributed by atoms with Gasteiger partial charge in [-0.3, -0.25) is 9.89 Å². The van der Waals surface area contributed by atoms with Crippen LogP contribution in [0.3, 0.4) is 0 Å². The Hall–Kier alpha value is -3.68. The summed E-state index contributed by atoms with van der Waals surface area (Å²) in [5.41, 5.74) is 3.50. The lowest BCUT2D eigenvalue weighted by molar-refractivity contribution is 0.0730.